The van der Waals surface area contributed by atoms with Gasteiger partial charge < -0.3 is 15.4 Å². The van der Waals surface area contributed by atoms with Gasteiger partial charge in [-0.1, -0.05) is 32.1 Å². The second kappa shape index (κ2) is 6.97. The Hall–Kier alpha value is -1.47. The zero-order valence-corrected chi connectivity index (χ0v) is 15.2. The van der Waals surface area contributed by atoms with Crippen molar-refractivity contribution in [2.45, 2.75) is 52.0 Å². The van der Waals surface area contributed by atoms with Crippen LogP contribution in [-0.2, 0) is 14.9 Å². The number of rotatable bonds is 3. The Morgan fingerprint density at radius 2 is 2.09 bits per heavy atom. The summed E-state index contributed by atoms with van der Waals surface area (Å²) < 4.78 is 4.83. The van der Waals surface area contributed by atoms with E-state index in [9.17, 15) is 9.59 Å². The van der Waals surface area contributed by atoms with E-state index in [0.29, 0.717) is 21.7 Å². The summed E-state index contributed by atoms with van der Waals surface area (Å²) in [6, 6.07) is 0.339. The maximum Gasteiger partial charge on any atom is 0.350 e. The third-order valence-corrected chi connectivity index (χ3v) is 4.88. The summed E-state index contributed by atoms with van der Waals surface area (Å²) in [6.45, 7) is 8.87. The molecule has 2 heterocycles. The number of hydrogen-bond donors (Lipinski definition) is 2. The predicted octanol–water partition coefficient (Wildman–Crippen LogP) is 2.55. The molecule has 0 spiro atoms. The first-order chi connectivity index (χ1) is 10.7. The van der Waals surface area contributed by atoms with Crippen LogP contribution in [0.2, 0.25) is 0 Å². The van der Waals surface area contributed by atoms with Gasteiger partial charge in [0.15, 0.2) is 5.13 Å². The number of amides is 1. The maximum absolute atomic E-state index is 12.4. The smallest absolute Gasteiger partial charge is 0.350 e. The molecular formula is C16H25N3O3S. The van der Waals surface area contributed by atoms with E-state index >= 15 is 0 Å². The molecule has 0 aliphatic carbocycles. The van der Waals surface area contributed by atoms with Gasteiger partial charge in [0.1, 0.15) is 4.88 Å². The lowest BCUT2D eigenvalue weighted by Crippen LogP contribution is -2.40. The number of carbonyl (C=O) groups is 2. The van der Waals surface area contributed by atoms with Gasteiger partial charge in [0.25, 0.3) is 0 Å². The largest absolute Gasteiger partial charge is 0.465 e. The number of piperidine rings is 1. The summed E-state index contributed by atoms with van der Waals surface area (Å²) in [5, 5.41) is 6.67. The Morgan fingerprint density at radius 1 is 1.39 bits per heavy atom. The second-order valence-electron chi connectivity index (χ2n) is 7.00. The summed E-state index contributed by atoms with van der Waals surface area (Å²) in [6.07, 6.45) is 1.63. The summed E-state index contributed by atoms with van der Waals surface area (Å²) >= 11 is 1.18. The third kappa shape index (κ3) is 4.29. The molecule has 1 fully saturated rings. The highest BCUT2D eigenvalue weighted by Crippen LogP contribution is 2.33. The SMILES string of the molecule is COC(=O)c1sc(NC(=O)[C@H]2CCN[C@@H](C)C2)nc1C(C)(C)C. The molecule has 2 N–H and O–H groups in total. The fourth-order valence-electron chi connectivity index (χ4n) is 2.69. The van der Waals surface area contributed by atoms with Crippen molar-refractivity contribution < 1.29 is 14.3 Å². The van der Waals surface area contributed by atoms with Crippen LogP contribution in [0.1, 0.15) is 55.9 Å². The molecule has 7 heteroatoms. The van der Waals surface area contributed by atoms with Crippen LogP contribution in [-0.4, -0.2) is 36.6 Å². The zero-order chi connectivity index (χ0) is 17.2. The highest BCUT2D eigenvalue weighted by atomic mass is 32.1. The minimum Gasteiger partial charge on any atom is -0.465 e. The normalized spacial score (nSPS) is 21.8. The first-order valence-electron chi connectivity index (χ1n) is 7.86. The maximum atomic E-state index is 12.4. The quantitative estimate of drug-likeness (QED) is 0.827. The van der Waals surface area contributed by atoms with Crippen LogP contribution in [0.25, 0.3) is 0 Å². The van der Waals surface area contributed by atoms with Crippen molar-refractivity contribution in [3.05, 3.63) is 10.6 Å². The average Bonchev–Trinajstić information content (AvgIpc) is 2.90. The molecule has 23 heavy (non-hydrogen) atoms. The van der Waals surface area contributed by atoms with Crippen LogP contribution in [0.5, 0.6) is 0 Å². The van der Waals surface area contributed by atoms with E-state index in [1.807, 2.05) is 20.8 Å². The average molecular weight is 339 g/mol. The van der Waals surface area contributed by atoms with Crippen molar-refractivity contribution >= 4 is 28.3 Å². The zero-order valence-electron chi connectivity index (χ0n) is 14.4. The number of nitrogens with zero attached hydrogens (tertiary/aromatic N) is 1. The Balaban J connectivity index is 2.18. The van der Waals surface area contributed by atoms with Crippen LogP contribution >= 0.6 is 11.3 Å². The molecule has 1 amide bonds. The van der Waals surface area contributed by atoms with Gasteiger partial charge in [0, 0.05) is 17.4 Å². The minimum absolute atomic E-state index is 0.0187. The molecule has 1 saturated heterocycles. The summed E-state index contributed by atoms with van der Waals surface area (Å²) in [7, 11) is 1.35. The van der Waals surface area contributed by atoms with Gasteiger partial charge in [0.05, 0.1) is 12.8 Å². The van der Waals surface area contributed by atoms with Crippen molar-refractivity contribution in [1.82, 2.24) is 10.3 Å². The van der Waals surface area contributed by atoms with E-state index in [1.165, 1.54) is 18.4 Å². The van der Waals surface area contributed by atoms with Gasteiger partial charge in [-0.3, -0.25) is 4.79 Å². The molecule has 0 aromatic carbocycles. The van der Waals surface area contributed by atoms with Crippen LogP contribution < -0.4 is 10.6 Å². The van der Waals surface area contributed by atoms with Gasteiger partial charge in [-0.15, -0.1) is 0 Å². The lowest BCUT2D eigenvalue weighted by Gasteiger charge is -2.26. The van der Waals surface area contributed by atoms with Crippen molar-refractivity contribution in [2.75, 3.05) is 19.0 Å². The van der Waals surface area contributed by atoms with Crippen molar-refractivity contribution in [1.29, 1.82) is 0 Å². The van der Waals surface area contributed by atoms with Crippen LogP contribution in [0.3, 0.4) is 0 Å². The number of thiazole rings is 1. The summed E-state index contributed by atoms with van der Waals surface area (Å²) in [5.41, 5.74) is 0.357. The molecule has 2 atom stereocenters. The number of esters is 1. The molecule has 1 aliphatic heterocycles. The van der Waals surface area contributed by atoms with E-state index in [2.05, 4.69) is 22.5 Å². The van der Waals surface area contributed by atoms with Crippen molar-refractivity contribution in [3.63, 3.8) is 0 Å². The minimum atomic E-state index is -0.414. The number of nitrogens with one attached hydrogen (secondary N) is 2. The molecule has 0 bridgehead atoms. The standard InChI is InChI=1S/C16H25N3O3S/c1-9-8-10(6-7-17-9)13(20)19-15-18-12(16(2,3)4)11(23-15)14(21)22-5/h9-10,17H,6-8H2,1-5H3,(H,18,19,20)/t9-,10-/m0/s1. The van der Waals surface area contributed by atoms with Gasteiger partial charge in [-0.05, 0) is 26.3 Å². The molecule has 128 valence electrons. The first-order valence-corrected chi connectivity index (χ1v) is 8.68. The lowest BCUT2D eigenvalue weighted by molar-refractivity contribution is -0.120. The number of ether oxygens (including phenoxy) is 1. The van der Waals surface area contributed by atoms with Gasteiger partial charge >= 0.3 is 5.97 Å². The van der Waals surface area contributed by atoms with Crippen molar-refractivity contribution in [2.24, 2.45) is 5.92 Å². The Bertz CT molecular complexity index is 592. The lowest BCUT2D eigenvalue weighted by atomic mass is 9.91. The van der Waals surface area contributed by atoms with E-state index in [1.54, 1.807) is 0 Å². The molecule has 0 unspecified atom stereocenters. The Labute approximate surface area is 141 Å². The Morgan fingerprint density at radius 3 is 2.65 bits per heavy atom. The number of aromatic nitrogens is 1. The highest BCUT2D eigenvalue weighted by molar-refractivity contribution is 7.17. The molecule has 1 aromatic heterocycles. The molecule has 1 aliphatic rings. The van der Waals surface area contributed by atoms with Gasteiger partial charge in [0.2, 0.25) is 5.91 Å². The molecule has 2 rings (SSSR count). The molecule has 0 saturated carbocycles. The van der Waals surface area contributed by atoms with Crippen molar-refractivity contribution in [3.8, 4) is 0 Å². The molecule has 6 nitrogen and oxygen atoms in total. The van der Waals surface area contributed by atoms with E-state index in [4.69, 9.17) is 4.74 Å². The summed E-state index contributed by atoms with van der Waals surface area (Å²) in [5.74, 6) is -0.456. The fraction of sp³-hybridized carbons (Fsp3) is 0.688. The van der Waals surface area contributed by atoms with Crippen LogP contribution in [0, 0.1) is 5.92 Å². The number of hydrogen-bond acceptors (Lipinski definition) is 6. The fourth-order valence-corrected chi connectivity index (χ4v) is 3.79. The van der Waals surface area contributed by atoms with Crippen LogP contribution in [0.4, 0.5) is 5.13 Å². The van der Waals surface area contributed by atoms with E-state index in [0.717, 1.165) is 19.4 Å². The third-order valence-electron chi connectivity index (χ3n) is 3.93. The molecule has 1 aromatic rings. The summed E-state index contributed by atoms with van der Waals surface area (Å²) in [4.78, 5) is 29.3. The number of carbonyl (C=O) groups excluding carboxylic acids is 2. The Kier molecular flexibility index (Phi) is 5.41. The molecule has 0 radical (unpaired) electrons. The number of methoxy groups -OCH3 is 1. The molecular weight excluding hydrogens is 314 g/mol. The van der Waals surface area contributed by atoms with Gasteiger partial charge in [-0.25, -0.2) is 9.78 Å². The highest BCUT2D eigenvalue weighted by Gasteiger charge is 2.30. The number of anilines is 1. The predicted molar refractivity (Wildman–Crippen MR) is 91.0 cm³/mol. The van der Waals surface area contributed by atoms with Gasteiger partial charge in [-0.2, -0.15) is 0 Å². The second-order valence-corrected chi connectivity index (χ2v) is 8.00. The van der Waals surface area contributed by atoms with Crippen LogP contribution in [0.15, 0.2) is 0 Å². The monoisotopic (exact) mass is 339 g/mol. The first kappa shape index (κ1) is 17.9. The topological polar surface area (TPSA) is 80.3 Å². The van der Waals surface area contributed by atoms with E-state index < -0.39 is 5.97 Å². The van der Waals surface area contributed by atoms with E-state index in [-0.39, 0.29) is 17.2 Å².